The number of para-hydroxylation sites is 8. The van der Waals surface area contributed by atoms with Crippen LogP contribution in [0.25, 0.3) is 132 Å². The number of aromatic nitrogens is 5. The zero-order valence-corrected chi connectivity index (χ0v) is 36.7. The van der Waals surface area contributed by atoms with Crippen LogP contribution in [0, 0.1) is 0 Å². The standard InChI is InChI=1S/C65H41N5/c1-2-19-44(20-3-1)67-54-29-11-4-27-52(54)53-38-37-42(39-62(53)67)45-28-18-36-61(68-55-30-12-5-21-46(55)47-22-6-13-31-56(47)68)65(45)43-40-63(69-57-32-14-7-23-48(57)49-24-8-15-33-58(49)69)66-64(41-43)70-59-34-16-9-25-50(59)51-26-10-17-35-60(51)70/h1-41H/i7D,8D,9D,10D,14D,15D,16D,17D,23D,24D,25D,26D,32D,33D,34D,35D. The normalized spacial score (nSPS) is 15.2. The van der Waals surface area contributed by atoms with Crippen LogP contribution in [-0.2, 0) is 0 Å². The van der Waals surface area contributed by atoms with Gasteiger partial charge in [-0.2, -0.15) is 0 Å². The molecule has 0 aliphatic rings. The van der Waals surface area contributed by atoms with Gasteiger partial charge in [-0.25, -0.2) is 4.98 Å². The first-order valence-electron chi connectivity index (χ1n) is 30.7. The summed E-state index contributed by atoms with van der Waals surface area (Å²) in [6.45, 7) is 0. The van der Waals surface area contributed by atoms with Gasteiger partial charge in [-0.15, -0.1) is 0 Å². The van der Waals surface area contributed by atoms with E-state index >= 15 is 0 Å². The second-order valence-electron chi connectivity index (χ2n) is 17.1. The van der Waals surface area contributed by atoms with Crippen molar-refractivity contribution in [2.75, 3.05) is 0 Å². The second-order valence-corrected chi connectivity index (χ2v) is 17.1. The van der Waals surface area contributed by atoms with Crippen LogP contribution in [0.15, 0.2) is 248 Å². The van der Waals surface area contributed by atoms with Crippen LogP contribution in [0.5, 0.6) is 0 Å². The van der Waals surface area contributed by atoms with Crippen molar-refractivity contribution >= 4 is 87.2 Å². The molecule has 326 valence electrons. The Morgan fingerprint density at radius 3 is 1.26 bits per heavy atom. The Morgan fingerprint density at radius 2 is 0.743 bits per heavy atom. The molecule has 0 radical (unpaired) electrons. The van der Waals surface area contributed by atoms with E-state index in [0.717, 1.165) is 54.9 Å². The monoisotopic (exact) mass is 907 g/mol. The summed E-state index contributed by atoms with van der Waals surface area (Å²) >= 11 is 0. The van der Waals surface area contributed by atoms with Gasteiger partial charge >= 0.3 is 0 Å². The summed E-state index contributed by atoms with van der Waals surface area (Å²) in [7, 11) is 0. The van der Waals surface area contributed by atoms with Gasteiger partial charge in [-0.3, -0.25) is 9.13 Å². The van der Waals surface area contributed by atoms with E-state index in [1.165, 1.54) is 9.13 Å². The van der Waals surface area contributed by atoms with Crippen molar-refractivity contribution in [3.63, 3.8) is 0 Å². The number of fused-ring (bicyclic) bond motifs is 12. The third kappa shape index (κ3) is 5.57. The number of hydrogen-bond acceptors (Lipinski definition) is 1. The highest BCUT2D eigenvalue weighted by atomic mass is 15.1. The van der Waals surface area contributed by atoms with Gasteiger partial charge in [0, 0.05) is 54.3 Å². The van der Waals surface area contributed by atoms with Gasteiger partial charge in [0.05, 0.1) is 71.8 Å². The Morgan fingerprint density at radius 1 is 0.300 bits per heavy atom. The van der Waals surface area contributed by atoms with E-state index in [1.54, 1.807) is 12.1 Å². The summed E-state index contributed by atoms with van der Waals surface area (Å²) in [6.07, 6.45) is 0. The van der Waals surface area contributed by atoms with Crippen molar-refractivity contribution in [1.29, 1.82) is 0 Å². The van der Waals surface area contributed by atoms with Gasteiger partial charge < -0.3 is 9.13 Å². The van der Waals surface area contributed by atoms with Gasteiger partial charge in [0.15, 0.2) is 0 Å². The van der Waals surface area contributed by atoms with E-state index < -0.39 is 96.7 Å². The molecule has 0 aliphatic carbocycles. The third-order valence-electron chi connectivity index (χ3n) is 13.5. The maximum absolute atomic E-state index is 9.59. The van der Waals surface area contributed by atoms with E-state index in [0.29, 0.717) is 22.4 Å². The molecule has 5 aromatic heterocycles. The van der Waals surface area contributed by atoms with Crippen molar-refractivity contribution in [1.82, 2.24) is 23.3 Å². The molecule has 10 aromatic carbocycles. The minimum Gasteiger partial charge on any atom is -0.309 e. The summed E-state index contributed by atoms with van der Waals surface area (Å²) in [6, 6.07) is 39.4. The largest absolute Gasteiger partial charge is 0.309 e. The molecule has 0 saturated heterocycles. The van der Waals surface area contributed by atoms with Crippen LogP contribution in [0.1, 0.15) is 21.9 Å². The topological polar surface area (TPSA) is 32.6 Å². The fourth-order valence-corrected chi connectivity index (χ4v) is 10.6. The van der Waals surface area contributed by atoms with Gasteiger partial charge in [0.25, 0.3) is 0 Å². The molecule has 0 atom stereocenters. The molecule has 5 nitrogen and oxygen atoms in total. The van der Waals surface area contributed by atoms with Crippen LogP contribution in [0.3, 0.4) is 0 Å². The van der Waals surface area contributed by atoms with Crippen LogP contribution in [0.4, 0.5) is 0 Å². The Labute approximate surface area is 425 Å². The smallest absolute Gasteiger partial charge is 0.140 e. The molecule has 0 unspecified atom stereocenters. The Hall–Kier alpha value is -9.45. The molecule has 5 heteroatoms. The predicted molar refractivity (Wildman–Crippen MR) is 292 cm³/mol. The molecule has 0 saturated carbocycles. The van der Waals surface area contributed by atoms with Crippen LogP contribution in [-0.4, -0.2) is 23.3 Å². The van der Waals surface area contributed by atoms with E-state index in [9.17, 15) is 11.0 Å². The summed E-state index contributed by atoms with van der Waals surface area (Å²) in [5, 5.41) is 2.98. The van der Waals surface area contributed by atoms with E-state index in [4.69, 9.17) is 16.0 Å². The number of hydrogen-bond donors (Lipinski definition) is 0. The third-order valence-corrected chi connectivity index (χ3v) is 13.5. The van der Waals surface area contributed by atoms with Crippen molar-refractivity contribution in [2.45, 2.75) is 0 Å². The van der Waals surface area contributed by atoms with Crippen molar-refractivity contribution in [3.8, 4) is 45.3 Å². The lowest BCUT2D eigenvalue weighted by Crippen LogP contribution is -2.06. The van der Waals surface area contributed by atoms with Crippen LogP contribution in [0.2, 0.25) is 0 Å². The molecule has 15 rings (SSSR count). The molecular weight excluding hydrogens is 851 g/mol. The Kier molecular flexibility index (Phi) is 5.62. The maximum atomic E-state index is 9.59. The van der Waals surface area contributed by atoms with Crippen LogP contribution >= 0.6 is 0 Å². The quantitative estimate of drug-likeness (QED) is 0.164. The lowest BCUT2D eigenvalue weighted by atomic mass is 9.92. The van der Waals surface area contributed by atoms with E-state index in [1.807, 2.05) is 115 Å². The molecule has 70 heavy (non-hydrogen) atoms. The molecule has 0 fully saturated rings. The van der Waals surface area contributed by atoms with Crippen molar-refractivity contribution < 1.29 is 21.9 Å². The lowest BCUT2D eigenvalue weighted by Gasteiger charge is -2.21. The van der Waals surface area contributed by atoms with Gasteiger partial charge in [0.1, 0.15) is 11.6 Å². The molecule has 0 amide bonds. The van der Waals surface area contributed by atoms with E-state index in [2.05, 4.69) is 33.4 Å². The first-order chi connectivity index (χ1) is 41.4. The van der Waals surface area contributed by atoms with Gasteiger partial charge in [0.2, 0.25) is 0 Å². The Bertz CT molecular complexity index is 5180. The fourth-order valence-electron chi connectivity index (χ4n) is 10.6. The molecule has 0 N–H and O–H groups in total. The molecular formula is C65H41N5. The fraction of sp³-hybridized carbons (Fsp3) is 0. The first kappa shape index (κ1) is 26.2. The number of benzene rings is 10. The summed E-state index contributed by atoms with van der Waals surface area (Å²) in [5.41, 5.74) is 6.23. The number of nitrogens with zero attached hydrogens (tertiary/aromatic N) is 5. The van der Waals surface area contributed by atoms with Crippen molar-refractivity contribution in [2.24, 2.45) is 0 Å². The highest BCUT2D eigenvalue weighted by Gasteiger charge is 2.24. The molecule has 0 bridgehead atoms. The highest BCUT2D eigenvalue weighted by Crippen LogP contribution is 2.45. The summed E-state index contributed by atoms with van der Waals surface area (Å²) in [5.74, 6) is -0.376. The summed E-state index contributed by atoms with van der Waals surface area (Å²) < 4.78 is 154. The lowest BCUT2D eigenvalue weighted by molar-refractivity contribution is 1.01. The number of rotatable bonds is 6. The van der Waals surface area contributed by atoms with Gasteiger partial charge in [-0.05, 0) is 95.5 Å². The predicted octanol–water partition coefficient (Wildman–Crippen LogP) is 16.8. The van der Waals surface area contributed by atoms with Crippen LogP contribution < -0.4 is 0 Å². The minimum absolute atomic E-state index is 0.188. The second kappa shape index (κ2) is 15.0. The maximum Gasteiger partial charge on any atom is 0.140 e. The SMILES string of the molecule is [2H]c1c([2H])c([2H])c2c(c1[2H])c1c([2H])c([2H])c([2H])c([2H])c1n2-c1cc(-c2c(-c3ccc4c5ccccc5n(-c5ccccc5)c4c3)cccc2-n2c3ccccc3c3ccccc32)cc(-n2c3c([2H])c([2H])c([2H])c([2H])c3c3c([2H])c([2H])c([2H])c([2H])c32)n1. The van der Waals surface area contributed by atoms with Crippen molar-refractivity contribution in [3.05, 3.63) is 248 Å². The number of pyridine rings is 1. The average Bonchev–Trinajstić information content (AvgIpc) is 1.70. The van der Waals surface area contributed by atoms with E-state index in [-0.39, 0.29) is 55.2 Å². The van der Waals surface area contributed by atoms with Gasteiger partial charge in [-0.1, -0.05) is 170 Å². The first-order valence-corrected chi connectivity index (χ1v) is 22.7. The highest BCUT2D eigenvalue weighted by molar-refractivity contribution is 6.14. The summed E-state index contributed by atoms with van der Waals surface area (Å²) in [4.78, 5) is 5.25. The molecule has 5 heterocycles. The molecule has 15 aromatic rings. The Balaban J connectivity index is 1.18. The minimum atomic E-state index is -0.671. The zero-order valence-electron chi connectivity index (χ0n) is 52.7. The average molecular weight is 908 g/mol. The molecule has 0 spiro atoms. The molecule has 0 aliphatic heterocycles. The zero-order chi connectivity index (χ0) is 59.8.